The molecule has 2 aliphatic heterocycles. The minimum atomic E-state index is 0.740. The van der Waals surface area contributed by atoms with Crippen molar-refractivity contribution in [1.82, 2.24) is 15.1 Å². The predicted molar refractivity (Wildman–Crippen MR) is 85.1 cm³/mol. The average Bonchev–Trinajstić information content (AvgIpc) is 2.60. The molecule has 0 aromatic heterocycles. The van der Waals surface area contributed by atoms with Gasteiger partial charge in [-0.1, -0.05) is 26.2 Å². The summed E-state index contributed by atoms with van der Waals surface area (Å²) in [4.78, 5) is 5.54. The molecule has 0 aromatic rings. The maximum atomic E-state index is 3.79. The second-order valence-corrected chi connectivity index (χ2v) is 7.20. The molecule has 3 fully saturated rings. The van der Waals surface area contributed by atoms with E-state index in [-0.39, 0.29) is 0 Å². The number of rotatable bonds is 3. The van der Waals surface area contributed by atoms with Gasteiger partial charge >= 0.3 is 0 Å². The van der Waals surface area contributed by atoms with Crippen LogP contribution in [0.4, 0.5) is 0 Å². The molecule has 0 radical (unpaired) electrons. The molecule has 116 valence electrons. The van der Waals surface area contributed by atoms with E-state index in [0.717, 1.165) is 30.7 Å². The van der Waals surface area contributed by atoms with E-state index in [9.17, 15) is 0 Å². The topological polar surface area (TPSA) is 18.5 Å². The van der Waals surface area contributed by atoms with Crippen LogP contribution in [0.1, 0.15) is 58.3 Å². The minimum absolute atomic E-state index is 0.740. The number of fused-ring (bicyclic) bond motifs is 2. The van der Waals surface area contributed by atoms with Gasteiger partial charge in [-0.05, 0) is 45.7 Å². The van der Waals surface area contributed by atoms with Crippen molar-refractivity contribution >= 4 is 0 Å². The van der Waals surface area contributed by atoms with E-state index >= 15 is 0 Å². The van der Waals surface area contributed by atoms with E-state index < -0.39 is 0 Å². The Kier molecular flexibility index (Phi) is 5.00. The van der Waals surface area contributed by atoms with Gasteiger partial charge in [0.1, 0.15) is 0 Å². The van der Waals surface area contributed by atoms with Gasteiger partial charge < -0.3 is 5.32 Å². The first-order chi connectivity index (χ1) is 9.79. The summed E-state index contributed by atoms with van der Waals surface area (Å²) < 4.78 is 0. The molecule has 0 spiro atoms. The molecule has 1 N–H and O–H groups in total. The molecule has 2 saturated heterocycles. The van der Waals surface area contributed by atoms with Gasteiger partial charge in [0.25, 0.3) is 0 Å². The Morgan fingerprint density at radius 3 is 2.60 bits per heavy atom. The maximum absolute atomic E-state index is 3.79. The molecular formula is C17H33N3. The molecule has 1 saturated carbocycles. The minimum Gasteiger partial charge on any atom is -0.313 e. The molecular weight excluding hydrogens is 246 g/mol. The molecule has 3 aliphatic rings. The van der Waals surface area contributed by atoms with Crippen molar-refractivity contribution in [2.24, 2.45) is 0 Å². The fourth-order valence-corrected chi connectivity index (χ4v) is 4.86. The van der Waals surface area contributed by atoms with Crippen LogP contribution in [0.25, 0.3) is 0 Å². The summed E-state index contributed by atoms with van der Waals surface area (Å²) in [6.45, 7) is 6.04. The van der Waals surface area contributed by atoms with Crippen molar-refractivity contribution in [2.45, 2.75) is 82.5 Å². The van der Waals surface area contributed by atoms with Crippen LogP contribution in [0.3, 0.4) is 0 Å². The summed E-state index contributed by atoms with van der Waals surface area (Å²) in [5.74, 6) is 0. The standard InChI is InChI=1S/C17H33N3/c1-3-18-16-7-5-4-6-8-17(16)20-12-11-14-9-10-15(13-20)19(14)2/h14-18H,3-13H2,1-2H3. The summed E-state index contributed by atoms with van der Waals surface area (Å²) in [5, 5.41) is 3.79. The first-order valence-corrected chi connectivity index (χ1v) is 8.99. The van der Waals surface area contributed by atoms with Gasteiger partial charge in [0.2, 0.25) is 0 Å². The summed E-state index contributed by atoms with van der Waals surface area (Å²) in [6.07, 6.45) is 11.4. The first kappa shape index (κ1) is 14.8. The molecule has 0 aromatic carbocycles. The van der Waals surface area contributed by atoms with Crippen LogP contribution in [-0.4, -0.2) is 60.6 Å². The molecule has 3 rings (SSSR count). The fourth-order valence-electron chi connectivity index (χ4n) is 4.86. The third kappa shape index (κ3) is 3.05. The number of nitrogens with zero attached hydrogens (tertiary/aromatic N) is 2. The van der Waals surface area contributed by atoms with Gasteiger partial charge in [0.15, 0.2) is 0 Å². The normalized spacial score (nSPS) is 40.5. The lowest BCUT2D eigenvalue weighted by Crippen LogP contribution is -2.52. The van der Waals surface area contributed by atoms with Crippen molar-refractivity contribution in [2.75, 3.05) is 26.7 Å². The lowest BCUT2D eigenvalue weighted by Gasteiger charge is -2.37. The lowest BCUT2D eigenvalue weighted by molar-refractivity contribution is 0.133. The van der Waals surface area contributed by atoms with Gasteiger partial charge in [-0.25, -0.2) is 0 Å². The Morgan fingerprint density at radius 1 is 0.950 bits per heavy atom. The summed E-state index contributed by atoms with van der Waals surface area (Å²) in [6, 6.07) is 3.23. The highest BCUT2D eigenvalue weighted by atomic mass is 15.3. The highest BCUT2D eigenvalue weighted by Gasteiger charge is 2.38. The highest BCUT2D eigenvalue weighted by Crippen LogP contribution is 2.31. The van der Waals surface area contributed by atoms with Crippen LogP contribution in [0, 0.1) is 0 Å². The Bertz CT molecular complexity index is 307. The van der Waals surface area contributed by atoms with Crippen LogP contribution >= 0.6 is 0 Å². The quantitative estimate of drug-likeness (QED) is 0.801. The molecule has 20 heavy (non-hydrogen) atoms. The fraction of sp³-hybridized carbons (Fsp3) is 1.00. The predicted octanol–water partition coefficient (Wildman–Crippen LogP) is 2.47. The SMILES string of the molecule is CCNC1CCCCCC1N1CCC2CCC(C1)N2C. The molecule has 3 nitrogen and oxygen atoms in total. The monoisotopic (exact) mass is 279 g/mol. The number of likely N-dealkylation sites (N-methyl/N-ethyl adjacent to an activating group) is 2. The van der Waals surface area contributed by atoms with Crippen LogP contribution < -0.4 is 5.32 Å². The first-order valence-electron chi connectivity index (χ1n) is 8.99. The van der Waals surface area contributed by atoms with Crippen molar-refractivity contribution in [3.05, 3.63) is 0 Å². The third-order valence-electron chi connectivity index (χ3n) is 6.09. The van der Waals surface area contributed by atoms with Crippen molar-refractivity contribution < 1.29 is 0 Å². The number of hydrogen-bond donors (Lipinski definition) is 1. The summed E-state index contributed by atoms with van der Waals surface area (Å²) in [5.41, 5.74) is 0. The zero-order valence-electron chi connectivity index (χ0n) is 13.5. The van der Waals surface area contributed by atoms with E-state index in [4.69, 9.17) is 0 Å². The van der Waals surface area contributed by atoms with E-state index in [1.807, 2.05) is 0 Å². The summed E-state index contributed by atoms with van der Waals surface area (Å²) in [7, 11) is 2.36. The zero-order chi connectivity index (χ0) is 13.9. The molecule has 3 heteroatoms. The van der Waals surface area contributed by atoms with Crippen LogP contribution in [0.2, 0.25) is 0 Å². The van der Waals surface area contributed by atoms with Gasteiger partial charge in [-0.3, -0.25) is 9.80 Å². The van der Waals surface area contributed by atoms with Crippen molar-refractivity contribution in [3.63, 3.8) is 0 Å². The Hall–Kier alpha value is -0.120. The molecule has 0 amide bonds. The van der Waals surface area contributed by atoms with Crippen molar-refractivity contribution in [1.29, 1.82) is 0 Å². The van der Waals surface area contributed by atoms with Crippen molar-refractivity contribution in [3.8, 4) is 0 Å². The van der Waals surface area contributed by atoms with Crippen LogP contribution in [-0.2, 0) is 0 Å². The Balaban J connectivity index is 1.69. The van der Waals surface area contributed by atoms with Gasteiger partial charge in [0, 0.05) is 37.3 Å². The van der Waals surface area contributed by atoms with Crippen LogP contribution in [0.15, 0.2) is 0 Å². The van der Waals surface area contributed by atoms with E-state index in [2.05, 4.69) is 29.1 Å². The average molecular weight is 279 g/mol. The largest absolute Gasteiger partial charge is 0.313 e. The van der Waals surface area contributed by atoms with E-state index in [1.165, 1.54) is 64.5 Å². The molecule has 4 unspecified atom stereocenters. The second-order valence-electron chi connectivity index (χ2n) is 7.20. The summed E-state index contributed by atoms with van der Waals surface area (Å²) >= 11 is 0. The Morgan fingerprint density at radius 2 is 1.75 bits per heavy atom. The number of hydrogen-bond acceptors (Lipinski definition) is 3. The Labute approximate surface area is 125 Å². The maximum Gasteiger partial charge on any atom is 0.0250 e. The molecule has 4 atom stereocenters. The second kappa shape index (κ2) is 6.76. The van der Waals surface area contributed by atoms with E-state index in [1.54, 1.807) is 0 Å². The van der Waals surface area contributed by atoms with Gasteiger partial charge in [0.05, 0.1) is 0 Å². The molecule has 2 heterocycles. The van der Waals surface area contributed by atoms with Crippen LogP contribution in [0.5, 0.6) is 0 Å². The smallest absolute Gasteiger partial charge is 0.0250 e. The highest BCUT2D eigenvalue weighted by molar-refractivity contribution is 4.95. The number of likely N-dealkylation sites (tertiary alicyclic amines) is 1. The van der Waals surface area contributed by atoms with E-state index in [0.29, 0.717) is 0 Å². The van der Waals surface area contributed by atoms with Gasteiger partial charge in [-0.2, -0.15) is 0 Å². The number of nitrogens with one attached hydrogen (secondary N) is 1. The molecule has 2 bridgehead atoms. The van der Waals surface area contributed by atoms with Gasteiger partial charge in [-0.15, -0.1) is 0 Å². The molecule has 1 aliphatic carbocycles. The zero-order valence-corrected chi connectivity index (χ0v) is 13.5. The third-order valence-corrected chi connectivity index (χ3v) is 6.09. The lowest BCUT2D eigenvalue weighted by atomic mass is 9.98.